The van der Waals surface area contributed by atoms with Gasteiger partial charge in [-0.15, -0.1) is 0 Å². The molecule has 2 aromatic carbocycles. The van der Waals surface area contributed by atoms with Gasteiger partial charge in [-0.25, -0.2) is 0 Å². The van der Waals surface area contributed by atoms with Crippen LogP contribution in [0.2, 0.25) is 0 Å². The summed E-state index contributed by atoms with van der Waals surface area (Å²) in [6, 6.07) is 15.4. The molecule has 2 N–H and O–H groups in total. The number of fused-ring (bicyclic) bond motifs is 1. The third kappa shape index (κ3) is 5.95. The van der Waals surface area contributed by atoms with Gasteiger partial charge in [-0.2, -0.15) is 0 Å². The summed E-state index contributed by atoms with van der Waals surface area (Å²) >= 11 is 0. The van der Waals surface area contributed by atoms with Crippen LogP contribution >= 0.6 is 0 Å². The minimum Gasteiger partial charge on any atom is -0.359 e. The lowest BCUT2D eigenvalue weighted by Gasteiger charge is -2.38. The minimum absolute atomic E-state index is 0.0529. The number of anilines is 1. The third-order valence-corrected chi connectivity index (χ3v) is 11.0. The van der Waals surface area contributed by atoms with Gasteiger partial charge in [-0.3, -0.25) is 14.4 Å². The fraction of sp³-hybridized carbons (Fsp3) is 0.541. The van der Waals surface area contributed by atoms with E-state index in [-0.39, 0.29) is 23.8 Å². The van der Waals surface area contributed by atoms with Gasteiger partial charge in [-0.05, 0) is 80.9 Å². The Balaban J connectivity index is 1.23. The van der Waals surface area contributed by atoms with Crippen LogP contribution in [-0.2, 0) is 25.7 Å². The fourth-order valence-electron chi connectivity index (χ4n) is 8.09. The highest BCUT2D eigenvalue weighted by Gasteiger charge is 2.72. The molecule has 240 valence electrons. The quantitative estimate of drug-likeness (QED) is 0.375. The fourth-order valence-corrected chi connectivity index (χ4v) is 8.09. The number of carbonyl (C=O) groups is 3. The van der Waals surface area contributed by atoms with Gasteiger partial charge in [0.25, 0.3) is 0 Å². The second-order valence-corrected chi connectivity index (χ2v) is 14.0. The first kappa shape index (κ1) is 31.5. The van der Waals surface area contributed by atoms with Crippen molar-refractivity contribution in [2.45, 2.75) is 83.7 Å². The van der Waals surface area contributed by atoms with Crippen LogP contribution in [0.3, 0.4) is 0 Å². The zero-order chi connectivity index (χ0) is 31.9. The molecular formula is C37H48N4O4. The van der Waals surface area contributed by atoms with E-state index < -0.39 is 29.6 Å². The highest BCUT2D eigenvalue weighted by Crippen LogP contribution is 2.55. The lowest BCUT2D eigenvalue weighted by molar-refractivity contribution is -0.141. The Morgan fingerprint density at radius 1 is 1.04 bits per heavy atom. The van der Waals surface area contributed by atoms with Gasteiger partial charge in [0.15, 0.2) is 0 Å². The molecule has 3 aliphatic heterocycles. The van der Waals surface area contributed by atoms with Gasteiger partial charge >= 0.3 is 0 Å². The zero-order valence-corrected chi connectivity index (χ0v) is 27.3. The second-order valence-electron chi connectivity index (χ2n) is 14.0. The van der Waals surface area contributed by atoms with Gasteiger partial charge < -0.3 is 25.2 Å². The van der Waals surface area contributed by atoms with E-state index >= 15 is 0 Å². The van der Waals surface area contributed by atoms with Crippen LogP contribution in [0.1, 0.15) is 56.2 Å². The highest BCUT2D eigenvalue weighted by molar-refractivity contribution is 6.02. The van der Waals surface area contributed by atoms with Gasteiger partial charge in [0.05, 0.1) is 17.9 Å². The topological polar surface area (TPSA) is 91.0 Å². The molecule has 4 aliphatic rings. The summed E-state index contributed by atoms with van der Waals surface area (Å²) in [4.78, 5) is 46.4. The number of ether oxygens (including phenoxy) is 1. The number of nitrogens with one attached hydrogen (secondary N) is 2. The van der Waals surface area contributed by atoms with Crippen molar-refractivity contribution in [3.63, 3.8) is 0 Å². The number of aryl methyl sites for hydroxylation is 2. The van der Waals surface area contributed by atoms with Crippen molar-refractivity contribution in [3.05, 3.63) is 77.4 Å². The van der Waals surface area contributed by atoms with E-state index in [1.54, 1.807) is 4.90 Å². The first-order valence-corrected chi connectivity index (χ1v) is 16.7. The maximum Gasteiger partial charge on any atom is 0.246 e. The van der Waals surface area contributed by atoms with Crippen molar-refractivity contribution in [3.8, 4) is 0 Å². The Morgan fingerprint density at radius 3 is 2.58 bits per heavy atom. The summed E-state index contributed by atoms with van der Waals surface area (Å²) in [5, 5.41) is 6.40. The molecule has 2 aromatic rings. The predicted molar refractivity (Wildman–Crippen MR) is 175 cm³/mol. The lowest BCUT2D eigenvalue weighted by Crippen LogP contribution is -2.58. The smallest absolute Gasteiger partial charge is 0.246 e. The van der Waals surface area contributed by atoms with Gasteiger partial charge in [0.1, 0.15) is 11.6 Å². The molecule has 2 saturated heterocycles. The molecule has 0 aromatic heterocycles. The normalized spacial score (nSPS) is 31.8. The number of likely N-dealkylation sites (tertiary alicyclic amines) is 1. The summed E-state index contributed by atoms with van der Waals surface area (Å²) in [6.45, 7) is 10.5. The Bertz CT molecular complexity index is 1460. The Kier molecular flexibility index (Phi) is 8.90. The van der Waals surface area contributed by atoms with Gasteiger partial charge in [0.2, 0.25) is 17.7 Å². The van der Waals surface area contributed by atoms with Crippen LogP contribution in [0.25, 0.3) is 0 Å². The summed E-state index contributed by atoms with van der Waals surface area (Å²) in [5.41, 5.74) is 2.99. The van der Waals surface area contributed by atoms with E-state index in [4.69, 9.17) is 4.74 Å². The molecule has 8 atom stereocenters. The van der Waals surface area contributed by atoms with Crippen molar-refractivity contribution in [1.29, 1.82) is 0 Å². The van der Waals surface area contributed by atoms with Crippen LogP contribution in [0, 0.1) is 37.5 Å². The van der Waals surface area contributed by atoms with Crippen molar-refractivity contribution in [2.75, 3.05) is 25.5 Å². The van der Waals surface area contributed by atoms with Gasteiger partial charge in [-0.1, -0.05) is 75.2 Å². The van der Waals surface area contributed by atoms with Crippen molar-refractivity contribution < 1.29 is 19.1 Å². The summed E-state index contributed by atoms with van der Waals surface area (Å²) in [7, 11) is 2.07. The molecule has 1 aliphatic carbocycles. The summed E-state index contributed by atoms with van der Waals surface area (Å²) in [6.07, 6.45) is 7.10. The van der Waals surface area contributed by atoms with E-state index in [1.165, 1.54) is 5.56 Å². The number of benzene rings is 2. The predicted octanol–water partition coefficient (Wildman–Crippen LogP) is 4.86. The van der Waals surface area contributed by atoms with Crippen LogP contribution in [0.5, 0.6) is 0 Å². The molecule has 3 amide bonds. The lowest BCUT2D eigenvalue weighted by atomic mass is 9.73. The second kappa shape index (κ2) is 12.7. The molecular weight excluding hydrogens is 564 g/mol. The standard InChI is InChI=1S/C37H48N4O4/c1-23-15-16-28(21-25(23)3)38-34(42)31-30-17-18-37(45-30)32(31)36(44)41(20-10-19-40(5)22-27-12-7-6-8-13-27)33(37)35(43)39-29-14-9-11-24(2)26(29)4/h6-8,12-13,15-18,21,24,26,29-33H,9-11,14,19-20,22H2,1-5H3,(H,38,42)(H,39,43)/t24-,26-,29+,30+,31-,32+,33+,37+/m0/s1. The maximum absolute atomic E-state index is 14.4. The molecule has 0 radical (unpaired) electrons. The van der Waals surface area contributed by atoms with Crippen molar-refractivity contribution in [1.82, 2.24) is 15.1 Å². The Labute approximate surface area is 267 Å². The first-order chi connectivity index (χ1) is 21.6. The van der Waals surface area contributed by atoms with E-state index in [9.17, 15) is 14.4 Å². The molecule has 8 heteroatoms. The Morgan fingerprint density at radius 2 is 1.82 bits per heavy atom. The van der Waals surface area contributed by atoms with Crippen molar-refractivity contribution in [2.24, 2.45) is 23.7 Å². The summed E-state index contributed by atoms with van der Waals surface area (Å²) < 4.78 is 6.57. The first-order valence-electron chi connectivity index (χ1n) is 16.7. The number of carbonyl (C=O) groups excluding carboxylic acids is 3. The van der Waals surface area contributed by atoms with Crippen molar-refractivity contribution >= 4 is 23.4 Å². The van der Waals surface area contributed by atoms with Crippen LogP contribution in [0.15, 0.2) is 60.7 Å². The zero-order valence-electron chi connectivity index (χ0n) is 27.3. The SMILES string of the molecule is Cc1ccc(NC(=O)[C@H]2[C@H]3C=C[C@@]4(O3)[C@H]2C(=O)N(CCCN(C)Cc2ccccc2)[C@@H]4C(=O)N[C@@H]2CCC[C@H](C)[C@@H]2C)cc1C. The largest absolute Gasteiger partial charge is 0.359 e. The van der Waals surface area contributed by atoms with E-state index in [0.717, 1.165) is 43.5 Å². The van der Waals surface area contributed by atoms with Crippen LogP contribution in [0.4, 0.5) is 5.69 Å². The average molecular weight is 613 g/mol. The van der Waals surface area contributed by atoms with E-state index in [0.29, 0.717) is 30.5 Å². The number of hydrogen-bond acceptors (Lipinski definition) is 5. The molecule has 3 heterocycles. The number of hydrogen-bond donors (Lipinski definition) is 2. The molecule has 45 heavy (non-hydrogen) atoms. The molecule has 1 spiro atoms. The highest BCUT2D eigenvalue weighted by atomic mass is 16.5. The molecule has 8 nitrogen and oxygen atoms in total. The average Bonchev–Trinajstić information content (AvgIpc) is 3.65. The van der Waals surface area contributed by atoms with Crippen LogP contribution < -0.4 is 10.6 Å². The molecule has 1 saturated carbocycles. The number of nitrogens with zero attached hydrogens (tertiary/aromatic N) is 2. The number of rotatable bonds is 10. The Hall–Kier alpha value is -3.49. The maximum atomic E-state index is 14.4. The number of amides is 3. The summed E-state index contributed by atoms with van der Waals surface area (Å²) in [5.74, 6) is -1.17. The minimum atomic E-state index is -1.16. The van der Waals surface area contributed by atoms with E-state index in [1.807, 2.05) is 62.4 Å². The van der Waals surface area contributed by atoms with Crippen LogP contribution in [-0.4, -0.2) is 71.4 Å². The van der Waals surface area contributed by atoms with E-state index in [2.05, 4.69) is 48.6 Å². The third-order valence-electron chi connectivity index (χ3n) is 11.0. The van der Waals surface area contributed by atoms with Gasteiger partial charge in [0, 0.05) is 24.8 Å². The molecule has 2 bridgehead atoms. The molecule has 6 rings (SSSR count). The molecule has 3 fully saturated rings. The monoisotopic (exact) mass is 612 g/mol. The molecule has 0 unspecified atom stereocenters.